The average molecular weight is 406 g/mol. The summed E-state index contributed by atoms with van der Waals surface area (Å²) in [6.07, 6.45) is 15.3. The third kappa shape index (κ3) is 4.27. The van der Waals surface area contributed by atoms with Crippen LogP contribution in [0.5, 0.6) is 0 Å². The number of thiocarbonyl (C=S) groups is 1. The predicted molar refractivity (Wildman–Crippen MR) is 119 cm³/mol. The Kier molecular flexibility index (Phi) is 5.81. The summed E-state index contributed by atoms with van der Waals surface area (Å²) >= 11 is 5.33. The van der Waals surface area contributed by atoms with E-state index in [4.69, 9.17) is 12.2 Å². The molecule has 29 heavy (non-hydrogen) atoms. The van der Waals surface area contributed by atoms with Crippen LogP contribution in [0, 0.1) is 5.92 Å². The van der Waals surface area contributed by atoms with E-state index in [2.05, 4.69) is 16.4 Å². The van der Waals surface area contributed by atoms with E-state index < -0.39 is 5.92 Å². The average Bonchev–Trinajstić information content (AvgIpc) is 2.75. The van der Waals surface area contributed by atoms with Crippen LogP contribution >= 0.6 is 12.2 Å². The molecule has 3 aliphatic rings. The van der Waals surface area contributed by atoms with E-state index in [1.54, 1.807) is 24.3 Å². The Morgan fingerprint density at radius 1 is 1.21 bits per heavy atom. The summed E-state index contributed by atoms with van der Waals surface area (Å²) in [6, 6.07) is 6.92. The molecule has 1 atom stereocenters. The number of amides is 2. The number of benzene rings is 1. The number of nitrogens with one attached hydrogen (secondary N) is 1. The number of anilines is 1. The van der Waals surface area contributed by atoms with Crippen LogP contribution in [0.1, 0.15) is 42.5 Å². The third-order valence-corrected chi connectivity index (χ3v) is 5.68. The number of nitrogens with zero attached hydrogens (tertiary/aromatic N) is 2. The summed E-state index contributed by atoms with van der Waals surface area (Å²) in [5.41, 5.74) is 3.29. The van der Waals surface area contributed by atoms with Crippen molar-refractivity contribution in [2.75, 3.05) is 11.4 Å². The quantitative estimate of drug-likeness (QED) is 0.592. The Morgan fingerprint density at radius 3 is 2.79 bits per heavy atom. The first-order valence-electron chi connectivity index (χ1n) is 10.0. The highest BCUT2D eigenvalue weighted by molar-refractivity contribution is 7.80. The highest BCUT2D eigenvalue weighted by Crippen LogP contribution is 2.26. The van der Waals surface area contributed by atoms with Gasteiger partial charge in [0.2, 0.25) is 11.0 Å². The van der Waals surface area contributed by atoms with E-state index in [9.17, 15) is 9.59 Å². The summed E-state index contributed by atoms with van der Waals surface area (Å²) in [5, 5.41) is 3.20. The van der Waals surface area contributed by atoms with Gasteiger partial charge in [-0.1, -0.05) is 29.9 Å². The molecule has 1 N–H and O–H groups in total. The molecule has 1 aliphatic heterocycles. The van der Waals surface area contributed by atoms with Gasteiger partial charge in [0.05, 0.1) is 17.3 Å². The molecule has 1 heterocycles. The minimum atomic E-state index is -0.413. The summed E-state index contributed by atoms with van der Waals surface area (Å²) in [4.78, 5) is 31.1. The van der Waals surface area contributed by atoms with Crippen molar-refractivity contribution < 1.29 is 9.59 Å². The fraction of sp³-hybridized carbons (Fsp3) is 0.304. The SMILES string of the molecule is O=C(NCCC1=CCCCC1)c1ccc(N2C(=O)C3C=CC=CC3=NC2=S)cc1. The Labute approximate surface area is 175 Å². The highest BCUT2D eigenvalue weighted by atomic mass is 32.1. The second-order valence-electron chi connectivity index (χ2n) is 7.38. The van der Waals surface area contributed by atoms with Gasteiger partial charge in [-0.3, -0.25) is 14.5 Å². The van der Waals surface area contributed by atoms with Gasteiger partial charge < -0.3 is 5.32 Å². The van der Waals surface area contributed by atoms with Crippen LogP contribution in [0.25, 0.3) is 0 Å². The van der Waals surface area contributed by atoms with Gasteiger partial charge >= 0.3 is 0 Å². The molecule has 0 saturated carbocycles. The van der Waals surface area contributed by atoms with Gasteiger partial charge in [0.1, 0.15) is 0 Å². The first kappa shape index (κ1) is 19.5. The van der Waals surface area contributed by atoms with E-state index in [0.717, 1.165) is 19.3 Å². The molecule has 0 aromatic heterocycles. The third-order valence-electron chi connectivity index (χ3n) is 5.41. The van der Waals surface area contributed by atoms with Crippen LogP contribution in [-0.2, 0) is 4.79 Å². The Balaban J connectivity index is 1.40. The lowest BCUT2D eigenvalue weighted by Crippen LogP contribution is -2.46. The van der Waals surface area contributed by atoms with E-state index >= 15 is 0 Å². The fourth-order valence-electron chi connectivity index (χ4n) is 3.81. The van der Waals surface area contributed by atoms with Gasteiger partial charge in [0.25, 0.3) is 5.91 Å². The standard InChI is InChI=1S/C23H23N3O2S/c27-21(24-15-14-16-6-2-1-3-7-16)17-10-12-18(13-11-17)26-22(28)19-8-4-5-9-20(19)25-23(26)29/h4-6,8-13,19H,1-3,7,14-15H2,(H,24,27). The van der Waals surface area contributed by atoms with Gasteiger partial charge in [0, 0.05) is 12.1 Å². The molecule has 0 fully saturated rings. The van der Waals surface area contributed by atoms with E-state index in [0.29, 0.717) is 23.5 Å². The Bertz CT molecular complexity index is 957. The summed E-state index contributed by atoms with van der Waals surface area (Å²) in [5.74, 6) is -0.650. The summed E-state index contributed by atoms with van der Waals surface area (Å²) < 4.78 is 0. The van der Waals surface area contributed by atoms with Crippen molar-refractivity contribution in [1.82, 2.24) is 5.32 Å². The molecule has 4 rings (SSSR count). The van der Waals surface area contributed by atoms with Crippen LogP contribution in [0.4, 0.5) is 5.69 Å². The lowest BCUT2D eigenvalue weighted by Gasteiger charge is -2.30. The number of fused-ring (bicyclic) bond motifs is 1. The monoisotopic (exact) mass is 405 g/mol. The van der Waals surface area contributed by atoms with Crippen LogP contribution < -0.4 is 10.2 Å². The molecule has 2 aliphatic carbocycles. The van der Waals surface area contributed by atoms with Crippen molar-refractivity contribution >= 4 is 40.5 Å². The van der Waals surface area contributed by atoms with Crippen LogP contribution in [-0.4, -0.2) is 29.2 Å². The van der Waals surface area contributed by atoms with Crippen molar-refractivity contribution in [1.29, 1.82) is 0 Å². The number of aliphatic imine (C=N–C) groups is 1. The first-order chi connectivity index (χ1) is 14.1. The molecule has 5 nitrogen and oxygen atoms in total. The van der Waals surface area contributed by atoms with Gasteiger partial charge in [0.15, 0.2) is 0 Å². The molecule has 0 spiro atoms. The minimum Gasteiger partial charge on any atom is -0.352 e. The molecule has 0 radical (unpaired) electrons. The summed E-state index contributed by atoms with van der Waals surface area (Å²) in [7, 11) is 0. The number of rotatable bonds is 5. The topological polar surface area (TPSA) is 61.8 Å². The highest BCUT2D eigenvalue weighted by Gasteiger charge is 2.34. The summed E-state index contributed by atoms with van der Waals surface area (Å²) in [6.45, 7) is 0.639. The Hall–Kier alpha value is -2.86. The van der Waals surface area contributed by atoms with Crippen molar-refractivity contribution in [3.63, 3.8) is 0 Å². The van der Waals surface area contributed by atoms with Crippen LogP contribution in [0.2, 0.25) is 0 Å². The maximum atomic E-state index is 12.9. The second-order valence-corrected chi connectivity index (χ2v) is 7.74. The van der Waals surface area contributed by atoms with Gasteiger partial charge in [-0.25, -0.2) is 4.99 Å². The van der Waals surface area contributed by atoms with Crippen molar-refractivity contribution in [3.8, 4) is 0 Å². The molecule has 2 amide bonds. The van der Waals surface area contributed by atoms with Gasteiger partial charge in [-0.2, -0.15) is 0 Å². The number of hydrogen-bond acceptors (Lipinski definition) is 3. The lowest BCUT2D eigenvalue weighted by atomic mass is 9.95. The van der Waals surface area contributed by atoms with E-state index in [1.165, 1.54) is 23.3 Å². The second kappa shape index (κ2) is 8.66. The van der Waals surface area contributed by atoms with Crippen molar-refractivity contribution in [3.05, 3.63) is 65.8 Å². The van der Waals surface area contributed by atoms with Crippen molar-refractivity contribution in [2.45, 2.75) is 32.1 Å². The minimum absolute atomic E-state index is 0.110. The molecule has 1 aromatic carbocycles. The lowest BCUT2D eigenvalue weighted by molar-refractivity contribution is -0.118. The van der Waals surface area contributed by atoms with Gasteiger partial charge in [-0.05, 0) is 74.7 Å². The van der Waals surface area contributed by atoms with E-state index in [1.807, 2.05) is 24.3 Å². The van der Waals surface area contributed by atoms with Crippen LogP contribution in [0.15, 0.2) is 65.2 Å². The molecular weight excluding hydrogens is 382 g/mol. The zero-order valence-electron chi connectivity index (χ0n) is 16.1. The molecule has 148 valence electrons. The maximum absolute atomic E-state index is 12.9. The number of carbonyl (C=O) groups excluding carboxylic acids is 2. The number of allylic oxidation sites excluding steroid dienone is 4. The normalized spacial score (nSPS) is 20.8. The zero-order valence-corrected chi connectivity index (χ0v) is 17.0. The van der Waals surface area contributed by atoms with Crippen LogP contribution in [0.3, 0.4) is 0 Å². The van der Waals surface area contributed by atoms with Gasteiger partial charge in [-0.15, -0.1) is 0 Å². The smallest absolute Gasteiger partial charge is 0.251 e. The number of carbonyl (C=O) groups is 2. The Morgan fingerprint density at radius 2 is 2.03 bits per heavy atom. The molecule has 0 saturated heterocycles. The molecule has 0 bridgehead atoms. The molecular formula is C23H23N3O2S. The van der Waals surface area contributed by atoms with E-state index in [-0.39, 0.29) is 16.9 Å². The predicted octanol–water partition coefficient (Wildman–Crippen LogP) is 4.12. The largest absolute Gasteiger partial charge is 0.352 e. The fourth-order valence-corrected chi connectivity index (χ4v) is 4.11. The van der Waals surface area contributed by atoms with Crippen molar-refractivity contribution in [2.24, 2.45) is 10.9 Å². The maximum Gasteiger partial charge on any atom is 0.251 e. The zero-order chi connectivity index (χ0) is 20.2. The first-order valence-corrected chi connectivity index (χ1v) is 10.4. The molecule has 1 aromatic rings. The number of hydrogen-bond donors (Lipinski definition) is 1. The molecule has 1 unspecified atom stereocenters. The molecule has 6 heteroatoms.